The van der Waals surface area contributed by atoms with Crippen LogP contribution < -0.4 is 0 Å². The molecule has 0 heterocycles. The molecule has 0 atom stereocenters. The van der Waals surface area contributed by atoms with E-state index in [4.69, 9.17) is 4.89 Å². The molecular weight excluding hydrogens is 270 g/mol. The fraction of sp³-hybridized carbons (Fsp3) is 0. The summed E-state index contributed by atoms with van der Waals surface area (Å²) >= 11 is 0. The zero-order chi connectivity index (χ0) is 5.91. The van der Waals surface area contributed by atoms with E-state index in [0.717, 1.165) is 0 Å². The number of rotatable bonds is 2. The molecule has 0 spiro atoms. The maximum absolute atomic E-state index is 10.4. The van der Waals surface area contributed by atoms with E-state index >= 15 is 0 Å². The Bertz CT molecular complexity index is 93.3. The summed E-state index contributed by atoms with van der Waals surface area (Å²) in [6, 6.07) is 0. The maximum atomic E-state index is 10.4. The molecule has 0 aromatic carbocycles. The molecule has 0 aromatic heterocycles. The van der Waals surface area contributed by atoms with E-state index in [9.17, 15) is 13.6 Å². The van der Waals surface area contributed by atoms with Gasteiger partial charge in [-0.3, -0.25) is 4.89 Å². The molecule has 8 heavy (non-hydrogen) atoms. The average molecular weight is 273 g/mol. The molecule has 0 unspecified atom stereocenters. The summed E-state index contributed by atoms with van der Waals surface area (Å²) in [7, 11) is -4.99. The van der Waals surface area contributed by atoms with Gasteiger partial charge in [-0.15, -0.1) is 0 Å². The van der Waals surface area contributed by atoms with Gasteiger partial charge in [0.2, 0.25) is 0 Å². The zero-order valence-corrected chi connectivity index (χ0v) is 8.92. The number of hydrogen-bond acceptors (Lipinski definition) is 3. The normalized spacial score (nSPS) is 10.4. The quantitative estimate of drug-likeness (QED) is 0.595. The topological polar surface area (TPSA) is 55.8 Å². The molecule has 0 aliphatic rings. The Labute approximate surface area is 86.6 Å². The van der Waals surface area contributed by atoms with Crippen molar-refractivity contribution in [2.45, 2.75) is 0 Å². The summed E-state index contributed by atoms with van der Waals surface area (Å²) < 4.78 is 34.3. The molecule has 0 amide bonds. The van der Waals surface area contributed by atoms with Crippen LogP contribution in [0.15, 0.2) is 0 Å². The molecule has 48 valence electrons. The Hall–Kier alpha value is 1.54. The van der Waals surface area contributed by atoms with Crippen LogP contribution >= 0.6 is 7.82 Å². The molecule has 0 radical (unpaired) electrons. The van der Waals surface area contributed by atoms with Gasteiger partial charge in [0.1, 0.15) is 0 Å². The van der Waals surface area contributed by atoms with Crippen LogP contribution in [0.5, 0.6) is 0 Å². The van der Waals surface area contributed by atoms with Crippen molar-refractivity contribution in [1.82, 2.24) is 0 Å². The first-order chi connectivity index (χ1) is 3.12. The second kappa shape index (κ2) is 5.34. The van der Waals surface area contributed by atoms with Crippen LogP contribution in [0.4, 0.5) is 9.05 Å². The maximum Gasteiger partial charge on any atom is 2.00 e. The molecule has 0 fully saturated rings. The van der Waals surface area contributed by atoms with Gasteiger partial charge in [-0.05, 0) is 9.05 Å². The second-order valence-electron chi connectivity index (χ2n) is 0.607. The molecular formula is H3BaF2O4P. The zero-order valence-electron chi connectivity index (χ0n) is 5.58. The van der Waals surface area contributed by atoms with Gasteiger partial charge in [-0.2, -0.15) is 0 Å². The number of halogens is 2. The first kappa shape index (κ1) is 12.2. The first-order valence-electron chi connectivity index (χ1n) is 1.06. The van der Waals surface area contributed by atoms with E-state index in [-0.39, 0.29) is 51.7 Å². The van der Waals surface area contributed by atoms with Crippen molar-refractivity contribution in [3.8, 4) is 0 Å². The van der Waals surface area contributed by atoms with Crippen molar-refractivity contribution >= 4 is 56.7 Å². The van der Waals surface area contributed by atoms with Crippen molar-refractivity contribution < 1.29 is 30.8 Å². The Morgan fingerprint density at radius 1 is 1.50 bits per heavy atom. The Kier molecular flexibility index (Phi) is 8.16. The average Bonchev–Trinajstić information content (AvgIpc) is 1.68. The Morgan fingerprint density at radius 2 is 1.75 bits per heavy atom. The van der Waals surface area contributed by atoms with Gasteiger partial charge in [-0.25, -0.2) is 4.57 Å². The van der Waals surface area contributed by atoms with Gasteiger partial charge in [0.05, 0.1) is 0 Å². The standard InChI is InChI=1S/Ba.F2HO4P.2H/c;1-5-7(3,4)6-2;;/h;(H,3,4);;/q+2;;2*-1. The summed E-state index contributed by atoms with van der Waals surface area (Å²) in [5.74, 6) is 0. The van der Waals surface area contributed by atoms with E-state index in [2.05, 4.69) is 9.46 Å². The van der Waals surface area contributed by atoms with Crippen LogP contribution in [0.3, 0.4) is 0 Å². The van der Waals surface area contributed by atoms with E-state index in [1.165, 1.54) is 0 Å². The van der Waals surface area contributed by atoms with Crippen molar-refractivity contribution in [3.05, 3.63) is 0 Å². The molecule has 0 aromatic rings. The van der Waals surface area contributed by atoms with Crippen molar-refractivity contribution in [2.75, 3.05) is 0 Å². The minimum Gasteiger partial charge on any atom is -1.00 e. The van der Waals surface area contributed by atoms with E-state index in [1.54, 1.807) is 0 Å². The van der Waals surface area contributed by atoms with Gasteiger partial charge in [-0.1, -0.05) is 9.46 Å². The largest absolute Gasteiger partial charge is 2.00 e. The fourth-order valence-corrected chi connectivity index (χ4v) is 0.0319. The summed E-state index contributed by atoms with van der Waals surface area (Å²) in [5, 5.41) is 0. The van der Waals surface area contributed by atoms with E-state index < -0.39 is 7.82 Å². The molecule has 0 bridgehead atoms. The van der Waals surface area contributed by atoms with Gasteiger partial charge < -0.3 is 2.85 Å². The summed E-state index contributed by atoms with van der Waals surface area (Å²) in [6.45, 7) is 0. The van der Waals surface area contributed by atoms with E-state index in [1.807, 2.05) is 0 Å². The third-order valence-corrected chi connectivity index (χ3v) is 0.523. The SMILES string of the molecule is O=P(O)(OF)OF.[Ba+2].[H-].[H-]. The number of hydrogen-bond donors (Lipinski definition) is 1. The molecule has 0 saturated heterocycles. The molecule has 1 N–H and O–H groups in total. The third kappa shape index (κ3) is 5.67. The van der Waals surface area contributed by atoms with E-state index in [0.29, 0.717) is 0 Å². The fourth-order valence-electron chi connectivity index (χ4n) is 0.0106. The molecule has 8 heteroatoms. The minimum absolute atomic E-state index is 0. The summed E-state index contributed by atoms with van der Waals surface area (Å²) in [4.78, 5) is 7.49. The van der Waals surface area contributed by atoms with Crippen LogP contribution in [0.25, 0.3) is 0 Å². The predicted molar refractivity (Wildman–Crippen MR) is 22.2 cm³/mol. The molecule has 0 aliphatic carbocycles. The van der Waals surface area contributed by atoms with Gasteiger partial charge in [0.15, 0.2) is 0 Å². The van der Waals surface area contributed by atoms with Crippen LogP contribution in [0.2, 0.25) is 0 Å². The molecule has 0 rings (SSSR count). The number of phosphoric acid groups is 1. The second-order valence-corrected chi connectivity index (χ2v) is 1.82. The third-order valence-electron chi connectivity index (χ3n) is 0.174. The first-order valence-corrected chi connectivity index (χ1v) is 2.55. The van der Waals surface area contributed by atoms with Crippen LogP contribution in [-0.4, -0.2) is 53.8 Å². The predicted octanol–water partition coefficient (Wildman–Crippen LogP) is 0.733. The minimum atomic E-state index is -4.99. The van der Waals surface area contributed by atoms with Gasteiger partial charge in [0.25, 0.3) is 0 Å². The van der Waals surface area contributed by atoms with Crippen molar-refractivity contribution in [1.29, 1.82) is 0 Å². The molecule has 4 nitrogen and oxygen atoms in total. The summed E-state index contributed by atoms with van der Waals surface area (Å²) in [5.41, 5.74) is 0. The monoisotopic (exact) mass is 274 g/mol. The Balaban J connectivity index is -0.0000000600. The van der Waals surface area contributed by atoms with Gasteiger partial charge >= 0.3 is 56.7 Å². The van der Waals surface area contributed by atoms with Crippen LogP contribution in [0, 0.1) is 0 Å². The van der Waals surface area contributed by atoms with Gasteiger partial charge in [0, 0.05) is 0 Å². The summed E-state index contributed by atoms with van der Waals surface area (Å²) in [6.07, 6.45) is 0. The van der Waals surface area contributed by atoms with Crippen molar-refractivity contribution in [3.63, 3.8) is 0 Å². The molecule has 0 aliphatic heterocycles. The van der Waals surface area contributed by atoms with Crippen LogP contribution in [-0.2, 0) is 14.0 Å². The Morgan fingerprint density at radius 3 is 1.75 bits per heavy atom. The van der Waals surface area contributed by atoms with Crippen LogP contribution in [0.1, 0.15) is 2.85 Å². The molecule has 0 saturated carbocycles. The smallest absolute Gasteiger partial charge is 1.00 e. The van der Waals surface area contributed by atoms with Crippen molar-refractivity contribution in [2.24, 2.45) is 0 Å².